The van der Waals surface area contributed by atoms with Gasteiger partial charge in [0.2, 0.25) is 0 Å². The lowest BCUT2D eigenvalue weighted by atomic mass is 10.1. The minimum absolute atomic E-state index is 0.144. The van der Waals surface area contributed by atoms with Crippen molar-refractivity contribution in [3.8, 4) is 11.5 Å². The summed E-state index contributed by atoms with van der Waals surface area (Å²) in [6, 6.07) is 5.32. The van der Waals surface area contributed by atoms with E-state index in [4.69, 9.17) is 9.47 Å². The highest BCUT2D eigenvalue weighted by molar-refractivity contribution is 5.97. The average molecular weight is 233 g/mol. The van der Waals surface area contributed by atoms with E-state index in [0.29, 0.717) is 36.8 Å². The molecule has 0 saturated heterocycles. The molecule has 0 fully saturated rings. The van der Waals surface area contributed by atoms with Gasteiger partial charge in [-0.15, -0.1) is 6.58 Å². The number of hydrogen-bond acceptors (Lipinski definition) is 3. The summed E-state index contributed by atoms with van der Waals surface area (Å²) in [4.78, 5) is 11.9. The van der Waals surface area contributed by atoms with Crippen molar-refractivity contribution in [2.45, 2.75) is 6.42 Å². The number of benzene rings is 1. The van der Waals surface area contributed by atoms with Crippen LogP contribution in [0.2, 0.25) is 0 Å². The van der Waals surface area contributed by atoms with Crippen molar-refractivity contribution < 1.29 is 14.3 Å². The van der Waals surface area contributed by atoms with Crippen LogP contribution in [0, 0.1) is 0 Å². The van der Waals surface area contributed by atoms with Crippen molar-refractivity contribution in [1.29, 1.82) is 0 Å². The zero-order valence-corrected chi connectivity index (χ0v) is 9.57. The fourth-order valence-corrected chi connectivity index (χ4v) is 1.64. The molecular weight excluding hydrogens is 218 g/mol. The molecule has 1 aliphatic heterocycles. The SMILES string of the molecule is C=CCCNC(=O)c1cccc2c1OCCO2. The first-order chi connectivity index (χ1) is 8.33. The number of ether oxygens (including phenoxy) is 2. The third-order valence-corrected chi connectivity index (χ3v) is 2.44. The van der Waals surface area contributed by atoms with Crippen LogP contribution in [0.25, 0.3) is 0 Å². The van der Waals surface area contributed by atoms with E-state index >= 15 is 0 Å². The zero-order valence-electron chi connectivity index (χ0n) is 9.57. The van der Waals surface area contributed by atoms with Gasteiger partial charge in [-0.1, -0.05) is 12.1 Å². The van der Waals surface area contributed by atoms with Gasteiger partial charge in [0.05, 0.1) is 5.56 Å². The maximum atomic E-state index is 11.9. The van der Waals surface area contributed by atoms with Crippen molar-refractivity contribution in [2.75, 3.05) is 19.8 Å². The van der Waals surface area contributed by atoms with Gasteiger partial charge in [-0.2, -0.15) is 0 Å². The highest BCUT2D eigenvalue weighted by Crippen LogP contribution is 2.33. The first-order valence-corrected chi connectivity index (χ1v) is 5.60. The third-order valence-electron chi connectivity index (χ3n) is 2.44. The molecule has 1 heterocycles. The van der Waals surface area contributed by atoms with E-state index in [1.807, 2.05) is 0 Å². The van der Waals surface area contributed by atoms with Crippen LogP contribution in [0.4, 0.5) is 0 Å². The Bertz CT molecular complexity index is 429. The number of para-hydroxylation sites is 1. The number of amides is 1. The normalized spacial score (nSPS) is 12.9. The van der Waals surface area contributed by atoms with Crippen LogP contribution in [-0.2, 0) is 0 Å². The molecule has 0 aliphatic carbocycles. The Morgan fingerprint density at radius 2 is 2.24 bits per heavy atom. The number of fused-ring (bicyclic) bond motifs is 1. The Hall–Kier alpha value is -1.97. The van der Waals surface area contributed by atoms with Crippen LogP contribution in [-0.4, -0.2) is 25.7 Å². The molecule has 1 aromatic rings. The molecule has 90 valence electrons. The van der Waals surface area contributed by atoms with E-state index in [2.05, 4.69) is 11.9 Å². The average Bonchev–Trinajstić information content (AvgIpc) is 2.38. The molecule has 0 aromatic heterocycles. The number of carbonyl (C=O) groups is 1. The molecule has 1 aliphatic rings. The van der Waals surface area contributed by atoms with E-state index < -0.39 is 0 Å². The van der Waals surface area contributed by atoms with Crippen molar-refractivity contribution in [3.63, 3.8) is 0 Å². The predicted octanol–water partition coefficient (Wildman–Crippen LogP) is 1.76. The summed E-state index contributed by atoms with van der Waals surface area (Å²) in [6.45, 7) is 5.18. The van der Waals surface area contributed by atoms with Crippen LogP contribution in [0.15, 0.2) is 30.9 Å². The van der Waals surface area contributed by atoms with Crippen LogP contribution < -0.4 is 14.8 Å². The Labute approximate surface area is 100 Å². The largest absolute Gasteiger partial charge is 0.486 e. The minimum atomic E-state index is -0.144. The molecule has 0 atom stereocenters. The van der Waals surface area contributed by atoms with Gasteiger partial charge < -0.3 is 14.8 Å². The van der Waals surface area contributed by atoms with Crippen molar-refractivity contribution in [2.24, 2.45) is 0 Å². The summed E-state index contributed by atoms with van der Waals surface area (Å²) in [7, 11) is 0. The number of rotatable bonds is 4. The lowest BCUT2D eigenvalue weighted by Crippen LogP contribution is -2.26. The van der Waals surface area contributed by atoms with E-state index in [9.17, 15) is 4.79 Å². The first kappa shape index (κ1) is 11.5. The van der Waals surface area contributed by atoms with Crippen molar-refractivity contribution in [1.82, 2.24) is 5.32 Å². The van der Waals surface area contributed by atoms with Crippen LogP contribution in [0.1, 0.15) is 16.8 Å². The van der Waals surface area contributed by atoms with E-state index in [-0.39, 0.29) is 5.91 Å². The molecule has 17 heavy (non-hydrogen) atoms. The van der Waals surface area contributed by atoms with E-state index in [0.717, 1.165) is 6.42 Å². The zero-order chi connectivity index (χ0) is 12.1. The number of carbonyl (C=O) groups excluding carboxylic acids is 1. The molecule has 0 unspecified atom stereocenters. The van der Waals surface area contributed by atoms with Gasteiger partial charge in [0.15, 0.2) is 11.5 Å². The smallest absolute Gasteiger partial charge is 0.255 e. The van der Waals surface area contributed by atoms with Gasteiger partial charge in [0.25, 0.3) is 5.91 Å². The molecule has 0 spiro atoms. The summed E-state index contributed by atoms with van der Waals surface area (Å²) in [5, 5.41) is 2.80. The fourth-order valence-electron chi connectivity index (χ4n) is 1.64. The summed E-state index contributed by atoms with van der Waals surface area (Å²) in [6.07, 6.45) is 2.51. The Kier molecular flexibility index (Phi) is 3.65. The molecule has 0 radical (unpaired) electrons. The quantitative estimate of drug-likeness (QED) is 0.636. The molecule has 2 rings (SSSR count). The standard InChI is InChI=1S/C13H15NO3/c1-2-3-7-14-13(15)10-5-4-6-11-12(10)17-9-8-16-11/h2,4-6H,1,3,7-9H2,(H,14,15). The Morgan fingerprint density at radius 1 is 1.41 bits per heavy atom. The topological polar surface area (TPSA) is 47.6 Å². The van der Waals surface area contributed by atoms with Gasteiger partial charge in [0.1, 0.15) is 13.2 Å². The van der Waals surface area contributed by atoms with Crippen molar-refractivity contribution >= 4 is 5.91 Å². The summed E-state index contributed by atoms with van der Waals surface area (Å²) in [5.41, 5.74) is 0.520. The van der Waals surface area contributed by atoms with Gasteiger partial charge in [-0.25, -0.2) is 0 Å². The van der Waals surface area contributed by atoms with Gasteiger partial charge in [0, 0.05) is 6.54 Å². The maximum Gasteiger partial charge on any atom is 0.255 e. The van der Waals surface area contributed by atoms with Crippen LogP contribution in [0.5, 0.6) is 11.5 Å². The fraction of sp³-hybridized carbons (Fsp3) is 0.308. The van der Waals surface area contributed by atoms with E-state index in [1.54, 1.807) is 24.3 Å². The van der Waals surface area contributed by atoms with Crippen LogP contribution >= 0.6 is 0 Å². The first-order valence-electron chi connectivity index (χ1n) is 5.60. The molecule has 1 aromatic carbocycles. The maximum absolute atomic E-state index is 11.9. The monoisotopic (exact) mass is 233 g/mol. The number of hydrogen-bond donors (Lipinski definition) is 1. The van der Waals surface area contributed by atoms with Gasteiger partial charge >= 0.3 is 0 Å². The molecule has 0 saturated carbocycles. The second-order valence-corrected chi connectivity index (χ2v) is 3.66. The van der Waals surface area contributed by atoms with Gasteiger partial charge in [-0.3, -0.25) is 4.79 Å². The molecule has 1 amide bonds. The van der Waals surface area contributed by atoms with Crippen LogP contribution in [0.3, 0.4) is 0 Å². The molecule has 1 N–H and O–H groups in total. The molecule has 4 heteroatoms. The second-order valence-electron chi connectivity index (χ2n) is 3.66. The second kappa shape index (κ2) is 5.39. The Balaban J connectivity index is 2.14. The molecular formula is C13H15NO3. The summed E-state index contributed by atoms with van der Waals surface area (Å²) in [5.74, 6) is 1.02. The molecule has 4 nitrogen and oxygen atoms in total. The van der Waals surface area contributed by atoms with Crippen molar-refractivity contribution in [3.05, 3.63) is 36.4 Å². The Morgan fingerprint density at radius 3 is 3.06 bits per heavy atom. The highest BCUT2D eigenvalue weighted by Gasteiger charge is 2.19. The van der Waals surface area contributed by atoms with E-state index in [1.165, 1.54) is 0 Å². The number of nitrogens with one attached hydrogen (secondary N) is 1. The summed E-state index contributed by atoms with van der Waals surface area (Å²) < 4.78 is 10.9. The molecule has 0 bridgehead atoms. The van der Waals surface area contributed by atoms with Gasteiger partial charge in [-0.05, 0) is 18.6 Å². The predicted molar refractivity (Wildman–Crippen MR) is 64.6 cm³/mol. The lowest BCUT2D eigenvalue weighted by molar-refractivity contribution is 0.0943. The lowest BCUT2D eigenvalue weighted by Gasteiger charge is -2.20. The summed E-state index contributed by atoms with van der Waals surface area (Å²) >= 11 is 0. The minimum Gasteiger partial charge on any atom is -0.486 e. The highest BCUT2D eigenvalue weighted by atomic mass is 16.6. The third kappa shape index (κ3) is 2.58.